The molecule has 4 nitrogen and oxygen atoms in total. The molecule has 0 aliphatic carbocycles. The van der Waals surface area contributed by atoms with E-state index in [1.807, 2.05) is 13.8 Å². The van der Waals surface area contributed by atoms with Gasteiger partial charge in [-0.3, -0.25) is 9.63 Å². The molecular weight excluding hydrogens is 158 g/mol. The predicted molar refractivity (Wildman–Crippen MR) is 43.2 cm³/mol. The second-order valence-electron chi connectivity index (χ2n) is 3.29. The van der Waals surface area contributed by atoms with Gasteiger partial charge in [0.25, 0.3) is 0 Å². The number of carbonyl (C=O) groups excluding carboxylic acids is 1. The minimum absolute atomic E-state index is 0.0339. The van der Waals surface area contributed by atoms with Crippen LogP contribution in [0.25, 0.3) is 0 Å². The zero-order valence-electron chi connectivity index (χ0n) is 7.54. The van der Waals surface area contributed by atoms with E-state index in [4.69, 9.17) is 9.94 Å². The minimum Gasteiger partial charge on any atom is -0.394 e. The van der Waals surface area contributed by atoms with Crippen molar-refractivity contribution >= 4 is 5.91 Å². The number of hydroxylamine groups is 2. The van der Waals surface area contributed by atoms with Gasteiger partial charge in [0, 0.05) is 0 Å². The third-order valence-corrected chi connectivity index (χ3v) is 2.18. The molecule has 12 heavy (non-hydrogen) atoms. The van der Waals surface area contributed by atoms with E-state index in [1.54, 1.807) is 0 Å². The summed E-state index contributed by atoms with van der Waals surface area (Å²) in [5.41, 5.74) is -0.355. The summed E-state index contributed by atoms with van der Waals surface area (Å²) in [6.45, 7) is 4.11. The van der Waals surface area contributed by atoms with E-state index in [0.717, 1.165) is 6.42 Å². The van der Waals surface area contributed by atoms with Crippen LogP contribution in [0.15, 0.2) is 0 Å². The minimum atomic E-state index is -0.355. The summed E-state index contributed by atoms with van der Waals surface area (Å²) < 4.78 is 0. The summed E-state index contributed by atoms with van der Waals surface area (Å²) in [7, 11) is 0. The van der Waals surface area contributed by atoms with Gasteiger partial charge in [-0.1, -0.05) is 6.92 Å². The van der Waals surface area contributed by atoms with E-state index in [9.17, 15) is 4.79 Å². The number of carbonyl (C=O) groups is 1. The molecule has 1 rings (SSSR count). The first kappa shape index (κ1) is 9.48. The molecule has 0 spiro atoms. The van der Waals surface area contributed by atoms with Gasteiger partial charge in [0.1, 0.15) is 5.60 Å². The van der Waals surface area contributed by atoms with Gasteiger partial charge in [0.15, 0.2) is 0 Å². The third-order valence-electron chi connectivity index (χ3n) is 2.18. The smallest absolute Gasteiger partial charge is 0.249 e. The maximum absolute atomic E-state index is 11.2. The standard InChI is InChI=1S/C8H15NO3/c1-3-8(2)6-7(11)9(12-8)4-5-10/h10H,3-6H2,1-2H3. The number of amides is 1. The first-order chi connectivity index (χ1) is 5.61. The number of hydrogen-bond donors (Lipinski definition) is 1. The highest BCUT2D eigenvalue weighted by atomic mass is 16.7. The van der Waals surface area contributed by atoms with Crippen LogP contribution in [-0.2, 0) is 9.63 Å². The average molecular weight is 173 g/mol. The van der Waals surface area contributed by atoms with Crippen LogP contribution in [0, 0.1) is 0 Å². The van der Waals surface area contributed by atoms with Gasteiger partial charge >= 0.3 is 0 Å². The van der Waals surface area contributed by atoms with Crippen molar-refractivity contribution in [2.24, 2.45) is 0 Å². The van der Waals surface area contributed by atoms with E-state index >= 15 is 0 Å². The van der Waals surface area contributed by atoms with Crippen LogP contribution >= 0.6 is 0 Å². The summed E-state index contributed by atoms with van der Waals surface area (Å²) in [5.74, 6) is -0.0339. The van der Waals surface area contributed by atoms with Gasteiger partial charge in [-0.2, -0.15) is 0 Å². The van der Waals surface area contributed by atoms with Gasteiger partial charge in [-0.05, 0) is 13.3 Å². The lowest BCUT2D eigenvalue weighted by Gasteiger charge is -2.21. The van der Waals surface area contributed by atoms with Gasteiger partial charge in [-0.25, -0.2) is 5.06 Å². The zero-order valence-corrected chi connectivity index (χ0v) is 7.54. The molecule has 1 amide bonds. The van der Waals surface area contributed by atoms with E-state index in [-0.39, 0.29) is 24.7 Å². The lowest BCUT2D eigenvalue weighted by molar-refractivity contribution is -0.198. The summed E-state index contributed by atoms with van der Waals surface area (Å²) in [6.07, 6.45) is 1.23. The summed E-state index contributed by atoms with van der Waals surface area (Å²) in [6, 6.07) is 0. The number of aliphatic hydroxyl groups is 1. The molecule has 0 aromatic rings. The highest BCUT2D eigenvalue weighted by Gasteiger charge is 2.39. The number of nitrogens with zero attached hydrogens (tertiary/aromatic N) is 1. The molecular formula is C8H15NO3. The zero-order chi connectivity index (χ0) is 9.19. The summed E-state index contributed by atoms with van der Waals surface area (Å²) >= 11 is 0. The highest BCUT2D eigenvalue weighted by Crippen LogP contribution is 2.28. The number of hydrogen-bond acceptors (Lipinski definition) is 3. The fraction of sp³-hybridized carbons (Fsp3) is 0.875. The maximum atomic E-state index is 11.2. The molecule has 0 aromatic heterocycles. The molecule has 70 valence electrons. The maximum Gasteiger partial charge on any atom is 0.249 e. The first-order valence-corrected chi connectivity index (χ1v) is 4.21. The van der Waals surface area contributed by atoms with E-state index in [0.29, 0.717) is 6.42 Å². The van der Waals surface area contributed by atoms with E-state index in [1.165, 1.54) is 5.06 Å². The van der Waals surface area contributed by atoms with Crippen molar-refractivity contribution in [2.75, 3.05) is 13.2 Å². The van der Waals surface area contributed by atoms with Gasteiger partial charge in [0.05, 0.1) is 19.6 Å². The number of rotatable bonds is 3. The van der Waals surface area contributed by atoms with Gasteiger partial charge < -0.3 is 5.11 Å². The van der Waals surface area contributed by atoms with Crippen LogP contribution in [0.4, 0.5) is 0 Å². The Morgan fingerprint density at radius 1 is 1.75 bits per heavy atom. The van der Waals surface area contributed by atoms with Gasteiger partial charge in [0.2, 0.25) is 5.91 Å². The number of β-amino-alcohol motifs (C(OH)–C–C–N with tert-alkyl or cyclic N) is 1. The van der Waals surface area contributed by atoms with Crippen LogP contribution in [0.3, 0.4) is 0 Å². The Morgan fingerprint density at radius 3 is 2.83 bits per heavy atom. The molecule has 1 aliphatic heterocycles. The van der Waals surface area contributed by atoms with Crippen LogP contribution < -0.4 is 0 Å². The molecule has 1 atom stereocenters. The Balaban J connectivity index is 2.55. The van der Waals surface area contributed by atoms with Crippen molar-refractivity contribution in [1.82, 2.24) is 5.06 Å². The van der Waals surface area contributed by atoms with E-state index < -0.39 is 0 Å². The largest absolute Gasteiger partial charge is 0.394 e. The van der Waals surface area contributed by atoms with Crippen molar-refractivity contribution in [3.63, 3.8) is 0 Å². The molecule has 1 aliphatic rings. The van der Waals surface area contributed by atoms with Crippen molar-refractivity contribution in [2.45, 2.75) is 32.3 Å². The third kappa shape index (κ3) is 1.76. The topological polar surface area (TPSA) is 49.8 Å². The van der Waals surface area contributed by atoms with Crippen molar-refractivity contribution in [1.29, 1.82) is 0 Å². The fourth-order valence-corrected chi connectivity index (χ4v) is 1.21. The van der Waals surface area contributed by atoms with Gasteiger partial charge in [-0.15, -0.1) is 0 Å². The Morgan fingerprint density at radius 2 is 2.42 bits per heavy atom. The van der Waals surface area contributed by atoms with Crippen molar-refractivity contribution in [3.8, 4) is 0 Å². The second kappa shape index (κ2) is 3.41. The Kier molecular flexibility index (Phi) is 2.69. The van der Waals surface area contributed by atoms with Crippen molar-refractivity contribution < 1.29 is 14.7 Å². The van der Waals surface area contributed by atoms with Crippen molar-refractivity contribution in [3.05, 3.63) is 0 Å². The Hall–Kier alpha value is -0.610. The molecule has 0 radical (unpaired) electrons. The highest BCUT2D eigenvalue weighted by molar-refractivity contribution is 5.77. The predicted octanol–water partition coefficient (Wildman–Crippen LogP) is 0.311. The molecule has 1 saturated heterocycles. The molecule has 0 aromatic carbocycles. The molecule has 0 saturated carbocycles. The molecule has 1 N–H and O–H groups in total. The lowest BCUT2D eigenvalue weighted by Crippen LogP contribution is -2.29. The second-order valence-corrected chi connectivity index (χ2v) is 3.29. The molecule has 4 heteroatoms. The Labute approximate surface area is 72.1 Å². The first-order valence-electron chi connectivity index (χ1n) is 4.21. The monoisotopic (exact) mass is 173 g/mol. The van der Waals surface area contributed by atoms with Crippen LogP contribution in [0.1, 0.15) is 26.7 Å². The average Bonchev–Trinajstić information content (AvgIpc) is 2.30. The van der Waals surface area contributed by atoms with E-state index in [2.05, 4.69) is 0 Å². The van der Waals surface area contributed by atoms with Crippen LogP contribution in [-0.4, -0.2) is 34.8 Å². The number of aliphatic hydroxyl groups excluding tert-OH is 1. The summed E-state index contributed by atoms with van der Waals surface area (Å²) in [4.78, 5) is 16.6. The molecule has 1 unspecified atom stereocenters. The van der Waals surface area contributed by atoms with Crippen LogP contribution in [0.2, 0.25) is 0 Å². The molecule has 1 fully saturated rings. The SMILES string of the molecule is CCC1(C)CC(=O)N(CCO)O1. The Bertz CT molecular complexity index is 183. The fourth-order valence-electron chi connectivity index (χ4n) is 1.21. The lowest BCUT2D eigenvalue weighted by atomic mass is 10.0. The van der Waals surface area contributed by atoms with Crippen LogP contribution in [0.5, 0.6) is 0 Å². The summed E-state index contributed by atoms with van der Waals surface area (Å²) in [5, 5.41) is 9.87. The molecule has 1 heterocycles. The quantitative estimate of drug-likeness (QED) is 0.668. The molecule has 0 bridgehead atoms. The normalized spacial score (nSPS) is 29.9.